The summed E-state index contributed by atoms with van der Waals surface area (Å²) < 4.78 is 14.0. The van der Waals surface area contributed by atoms with Crippen LogP contribution in [0.1, 0.15) is 43.5 Å². The third-order valence-corrected chi connectivity index (χ3v) is 4.29. The Balaban J connectivity index is 2.12. The molecule has 0 fully saturated rings. The molecule has 2 aromatic rings. The molecule has 0 aliphatic heterocycles. The SMILES string of the molecule is CC(C)(C)c1ccc(CC(N)c2ccc(Br)c(F)c2)cc1. The number of rotatable bonds is 3. The van der Waals surface area contributed by atoms with E-state index >= 15 is 0 Å². The highest BCUT2D eigenvalue weighted by molar-refractivity contribution is 9.10. The van der Waals surface area contributed by atoms with Gasteiger partial charge in [0.15, 0.2) is 0 Å². The quantitative estimate of drug-likeness (QED) is 0.816. The van der Waals surface area contributed by atoms with E-state index in [1.165, 1.54) is 17.2 Å². The first-order valence-electron chi connectivity index (χ1n) is 7.07. The number of hydrogen-bond donors (Lipinski definition) is 1. The number of nitrogens with two attached hydrogens (primary N) is 1. The first-order chi connectivity index (χ1) is 9.77. The van der Waals surface area contributed by atoms with Gasteiger partial charge in [-0.15, -0.1) is 0 Å². The topological polar surface area (TPSA) is 26.0 Å². The monoisotopic (exact) mass is 349 g/mol. The molecule has 0 bridgehead atoms. The molecule has 0 aliphatic rings. The van der Waals surface area contributed by atoms with Crippen molar-refractivity contribution < 1.29 is 4.39 Å². The standard InChI is InChI=1S/C18H21BrFN/c1-18(2,3)14-7-4-12(5-8-14)10-17(21)13-6-9-15(19)16(20)11-13/h4-9,11,17H,10,21H2,1-3H3. The summed E-state index contributed by atoms with van der Waals surface area (Å²) in [5.41, 5.74) is 9.62. The summed E-state index contributed by atoms with van der Waals surface area (Å²) in [7, 11) is 0. The van der Waals surface area contributed by atoms with Crippen LogP contribution < -0.4 is 5.73 Å². The molecule has 0 heterocycles. The van der Waals surface area contributed by atoms with Crippen LogP contribution in [0.15, 0.2) is 46.9 Å². The maximum atomic E-state index is 13.6. The van der Waals surface area contributed by atoms with Crippen molar-refractivity contribution in [3.05, 3.63) is 69.4 Å². The van der Waals surface area contributed by atoms with Gasteiger partial charge in [-0.2, -0.15) is 0 Å². The summed E-state index contributed by atoms with van der Waals surface area (Å²) >= 11 is 3.16. The first kappa shape index (κ1) is 16.2. The Hall–Kier alpha value is -1.19. The predicted octanol–water partition coefficient (Wildman–Crippen LogP) is 5.13. The Labute approximate surface area is 134 Å². The largest absolute Gasteiger partial charge is 0.324 e. The molecule has 3 heteroatoms. The van der Waals surface area contributed by atoms with E-state index in [4.69, 9.17) is 5.73 Å². The first-order valence-corrected chi connectivity index (χ1v) is 7.86. The maximum absolute atomic E-state index is 13.6. The zero-order chi connectivity index (χ0) is 15.6. The molecule has 0 radical (unpaired) electrons. The molecule has 112 valence electrons. The van der Waals surface area contributed by atoms with Crippen molar-refractivity contribution in [1.82, 2.24) is 0 Å². The lowest BCUT2D eigenvalue weighted by Crippen LogP contribution is -2.14. The van der Waals surface area contributed by atoms with Crippen LogP contribution in [0.3, 0.4) is 0 Å². The smallest absolute Gasteiger partial charge is 0.137 e. The van der Waals surface area contributed by atoms with E-state index in [-0.39, 0.29) is 17.3 Å². The number of hydrogen-bond acceptors (Lipinski definition) is 1. The number of halogens is 2. The normalized spacial score (nSPS) is 13.2. The summed E-state index contributed by atoms with van der Waals surface area (Å²) in [6.45, 7) is 6.58. The second-order valence-electron chi connectivity index (χ2n) is 6.43. The van der Waals surface area contributed by atoms with Crippen LogP contribution in [0.5, 0.6) is 0 Å². The summed E-state index contributed by atoms with van der Waals surface area (Å²) in [4.78, 5) is 0. The molecule has 0 spiro atoms. The van der Waals surface area contributed by atoms with Crippen LogP contribution in [0, 0.1) is 5.82 Å². The van der Waals surface area contributed by atoms with Gasteiger partial charge in [-0.05, 0) is 56.6 Å². The van der Waals surface area contributed by atoms with Crippen LogP contribution in [0.4, 0.5) is 4.39 Å². The zero-order valence-electron chi connectivity index (χ0n) is 12.7. The van der Waals surface area contributed by atoms with Gasteiger partial charge in [0, 0.05) is 6.04 Å². The van der Waals surface area contributed by atoms with Crippen molar-refractivity contribution in [2.75, 3.05) is 0 Å². The molecule has 2 N–H and O–H groups in total. The van der Waals surface area contributed by atoms with Crippen molar-refractivity contribution in [1.29, 1.82) is 0 Å². The lowest BCUT2D eigenvalue weighted by Gasteiger charge is -2.19. The van der Waals surface area contributed by atoms with Crippen molar-refractivity contribution in [3.8, 4) is 0 Å². The highest BCUT2D eigenvalue weighted by Crippen LogP contribution is 2.25. The van der Waals surface area contributed by atoms with Crippen LogP contribution in [0.25, 0.3) is 0 Å². The van der Waals surface area contributed by atoms with Crippen molar-refractivity contribution in [2.45, 2.75) is 38.6 Å². The lowest BCUT2D eigenvalue weighted by molar-refractivity contribution is 0.589. The minimum Gasteiger partial charge on any atom is -0.324 e. The van der Waals surface area contributed by atoms with E-state index in [0.717, 1.165) is 5.56 Å². The van der Waals surface area contributed by atoms with Gasteiger partial charge in [-0.3, -0.25) is 0 Å². The average Bonchev–Trinajstić information content (AvgIpc) is 2.41. The van der Waals surface area contributed by atoms with E-state index < -0.39 is 0 Å². The minimum absolute atomic E-state index is 0.148. The molecule has 2 aromatic carbocycles. The van der Waals surface area contributed by atoms with Gasteiger partial charge in [-0.25, -0.2) is 4.39 Å². The second-order valence-corrected chi connectivity index (χ2v) is 7.29. The molecule has 1 nitrogen and oxygen atoms in total. The fourth-order valence-electron chi connectivity index (χ4n) is 2.26. The third kappa shape index (κ3) is 4.14. The molecule has 0 amide bonds. The maximum Gasteiger partial charge on any atom is 0.137 e. The van der Waals surface area contributed by atoms with Crippen LogP contribution in [-0.2, 0) is 11.8 Å². The Bertz CT molecular complexity index is 614. The zero-order valence-corrected chi connectivity index (χ0v) is 14.2. The fourth-order valence-corrected chi connectivity index (χ4v) is 2.50. The van der Waals surface area contributed by atoms with E-state index in [0.29, 0.717) is 10.9 Å². The van der Waals surface area contributed by atoms with Gasteiger partial charge in [0.05, 0.1) is 4.47 Å². The molecule has 0 aliphatic carbocycles. The third-order valence-electron chi connectivity index (χ3n) is 3.65. The van der Waals surface area contributed by atoms with E-state index in [9.17, 15) is 4.39 Å². The molecular weight excluding hydrogens is 329 g/mol. The van der Waals surface area contributed by atoms with Crippen molar-refractivity contribution in [3.63, 3.8) is 0 Å². The van der Waals surface area contributed by atoms with Crippen molar-refractivity contribution >= 4 is 15.9 Å². The van der Waals surface area contributed by atoms with Crippen molar-refractivity contribution in [2.24, 2.45) is 5.73 Å². The van der Waals surface area contributed by atoms with Gasteiger partial charge in [0.1, 0.15) is 5.82 Å². The average molecular weight is 350 g/mol. The highest BCUT2D eigenvalue weighted by Gasteiger charge is 2.14. The van der Waals surface area contributed by atoms with Crippen LogP contribution >= 0.6 is 15.9 Å². The van der Waals surface area contributed by atoms with Crippen LogP contribution in [-0.4, -0.2) is 0 Å². The Morgan fingerprint density at radius 1 is 1.10 bits per heavy atom. The molecule has 1 unspecified atom stereocenters. The van der Waals surface area contributed by atoms with Gasteiger partial charge < -0.3 is 5.73 Å². The van der Waals surface area contributed by atoms with Gasteiger partial charge in [-0.1, -0.05) is 51.1 Å². The second kappa shape index (κ2) is 6.29. The Morgan fingerprint density at radius 2 is 1.71 bits per heavy atom. The van der Waals surface area contributed by atoms with Gasteiger partial charge in [0.2, 0.25) is 0 Å². The lowest BCUT2D eigenvalue weighted by atomic mass is 9.86. The van der Waals surface area contributed by atoms with Crippen LogP contribution in [0.2, 0.25) is 0 Å². The minimum atomic E-state index is -0.272. The molecular formula is C18H21BrFN. The summed E-state index contributed by atoms with van der Waals surface area (Å²) in [6, 6.07) is 13.4. The van der Waals surface area contributed by atoms with E-state index in [1.54, 1.807) is 6.07 Å². The molecule has 21 heavy (non-hydrogen) atoms. The Morgan fingerprint density at radius 3 is 2.24 bits per heavy atom. The number of benzene rings is 2. The predicted molar refractivity (Wildman–Crippen MR) is 89.9 cm³/mol. The summed E-state index contributed by atoms with van der Waals surface area (Å²) in [5.74, 6) is -0.272. The van der Waals surface area contributed by atoms with E-state index in [2.05, 4.69) is 61.0 Å². The molecule has 1 atom stereocenters. The molecule has 0 saturated heterocycles. The van der Waals surface area contributed by atoms with Gasteiger partial charge in [0.25, 0.3) is 0 Å². The fraction of sp³-hybridized carbons (Fsp3) is 0.333. The molecule has 2 rings (SSSR count). The summed E-state index contributed by atoms with van der Waals surface area (Å²) in [5, 5.41) is 0. The van der Waals surface area contributed by atoms with Gasteiger partial charge >= 0.3 is 0 Å². The summed E-state index contributed by atoms with van der Waals surface area (Å²) in [6.07, 6.45) is 0.700. The molecule has 0 aromatic heterocycles. The molecule has 0 saturated carbocycles. The Kier molecular flexibility index (Phi) is 4.84. The highest BCUT2D eigenvalue weighted by atomic mass is 79.9. The van der Waals surface area contributed by atoms with E-state index in [1.807, 2.05) is 6.07 Å².